The zero-order valence-corrected chi connectivity index (χ0v) is 11.7. The first-order chi connectivity index (χ1) is 9.27. The van der Waals surface area contributed by atoms with Crippen LogP contribution < -0.4 is 4.74 Å². The molecule has 3 heteroatoms. The molecule has 0 aliphatic carbocycles. The summed E-state index contributed by atoms with van der Waals surface area (Å²) in [5.74, 6) is 6.72. The first-order valence-electron chi connectivity index (χ1n) is 6.69. The van der Waals surface area contributed by atoms with Gasteiger partial charge in [0.25, 0.3) is 0 Å². The smallest absolute Gasteiger partial charge is 0.135 e. The molecule has 0 radical (unpaired) electrons. The van der Waals surface area contributed by atoms with E-state index in [9.17, 15) is 0 Å². The molecule has 0 heterocycles. The second-order valence-electron chi connectivity index (χ2n) is 4.24. The van der Waals surface area contributed by atoms with Gasteiger partial charge in [0.15, 0.2) is 0 Å². The summed E-state index contributed by atoms with van der Waals surface area (Å²) in [6.45, 7) is 6.06. The highest BCUT2D eigenvalue weighted by molar-refractivity contribution is 5.48. The summed E-state index contributed by atoms with van der Waals surface area (Å²) in [7, 11) is 0. The van der Waals surface area contributed by atoms with E-state index >= 15 is 0 Å². The van der Waals surface area contributed by atoms with Crippen LogP contribution in [-0.2, 0) is 4.74 Å². The number of aliphatic hydroxyl groups excluding tert-OH is 1. The van der Waals surface area contributed by atoms with Crippen molar-refractivity contribution in [3.05, 3.63) is 29.3 Å². The van der Waals surface area contributed by atoms with Gasteiger partial charge in [0.05, 0.1) is 18.8 Å². The number of benzene rings is 1. The second-order valence-corrected chi connectivity index (χ2v) is 4.24. The van der Waals surface area contributed by atoms with Crippen LogP contribution in [0.3, 0.4) is 0 Å². The molecule has 0 saturated carbocycles. The van der Waals surface area contributed by atoms with Gasteiger partial charge in [-0.25, -0.2) is 0 Å². The van der Waals surface area contributed by atoms with E-state index in [0.717, 1.165) is 29.9 Å². The highest BCUT2D eigenvalue weighted by atomic mass is 16.5. The van der Waals surface area contributed by atoms with Crippen molar-refractivity contribution < 1.29 is 14.6 Å². The van der Waals surface area contributed by atoms with Crippen molar-refractivity contribution in [2.24, 2.45) is 0 Å². The first kappa shape index (κ1) is 15.6. The minimum Gasteiger partial charge on any atom is -0.490 e. The fourth-order valence-electron chi connectivity index (χ4n) is 1.54. The predicted octanol–water partition coefficient (Wildman–Crippen LogP) is 2.53. The van der Waals surface area contributed by atoms with Crippen LogP contribution in [0.25, 0.3) is 0 Å². The maximum absolute atomic E-state index is 8.74. The molecule has 0 aliphatic heterocycles. The van der Waals surface area contributed by atoms with Gasteiger partial charge in [0, 0.05) is 13.0 Å². The van der Waals surface area contributed by atoms with Crippen molar-refractivity contribution in [2.45, 2.75) is 26.7 Å². The van der Waals surface area contributed by atoms with Crippen molar-refractivity contribution >= 4 is 0 Å². The summed E-state index contributed by atoms with van der Waals surface area (Å²) < 4.78 is 11.1. The molecule has 0 saturated heterocycles. The van der Waals surface area contributed by atoms with Gasteiger partial charge < -0.3 is 14.6 Å². The molecule has 3 nitrogen and oxygen atoms in total. The summed E-state index contributed by atoms with van der Waals surface area (Å²) in [4.78, 5) is 0. The maximum Gasteiger partial charge on any atom is 0.135 e. The molecule has 1 rings (SSSR count). The molecule has 0 aliphatic rings. The predicted molar refractivity (Wildman–Crippen MR) is 76.4 cm³/mol. The molecule has 1 aromatic carbocycles. The van der Waals surface area contributed by atoms with Crippen LogP contribution in [0, 0.1) is 18.8 Å². The Bertz CT molecular complexity index is 429. The number of aryl methyl sites for hydroxylation is 1. The standard InChI is InChI=1S/C16H22O3/c1-3-10-18-11-12-19-16-8-7-14(2)13-15(16)6-4-5-9-17/h7-8,13,17H,3,5,9-12H2,1-2H3. The summed E-state index contributed by atoms with van der Waals surface area (Å²) >= 11 is 0. The Morgan fingerprint density at radius 3 is 2.79 bits per heavy atom. The second kappa shape index (κ2) is 9.43. The Morgan fingerprint density at radius 2 is 2.05 bits per heavy atom. The zero-order chi connectivity index (χ0) is 13.9. The van der Waals surface area contributed by atoms with Gasteiger partial charge in [0.1, 0.15) is 12.4 Å². The summed E-state index contributed by atoms with van der Waals surface area (Å²) in [6.07, 6.45) is 1.50. The largest absolute Gasteiger partial charge is 0.490 e. The fraction of sp³-hybridized carbons (Fsp3) is 0.500. The number of hydrogen-bond acceptors (Lipinski definition) is 3. The van der Waals surface area contributed by atoms with E-state index in [1.807, 2.05) is 25.1 Å². The number of ether oxygens (including phenoxy) is 2. The minimum absolute atomic E-state index is 0.0832. The number of rotatable bonds is 7. The average Bonchev–Trinajstić information content (AvgIpc) is 2.41. The molecule has 0 fully saturated rings. The van der Waals surface area contributed by atoms with Crippen LogP contribution in [-0.4, -0.2) is 31.5 Å². The normalized spacial score (nSPS) is 9.84. The average molecular weight is 262 g/mol. The summed E-state index contributed by atoms with van der Waals surface area (Å²) in [5, 5.41) is 8.74. The lowest BCUT2D eigenvalue weighted by atomic mass is 10.1. The molecular formula is C16H22O3. The third-order valence-corrected chi connectivity index (χ3v) is 2.43. The van der Waals surface area contributed by atoms with Gasteiger partial charge in [-0.15, -0.1) is 0 Å². The third-order valence-electron chi connectivity index (χ3n) is 2.43. The van der Waals surface area contributed by atoms with E-state index in [0.29, 0.717) is 19.6 Å². The van der Waals surface area contributed by atoms with Crippen LogP contribution in [0.15, 0.2) is 18.2 Å². The Morgan fingerprint density at radius 1 is 1.21 bits per heavy atom. The van der Waals surface area contributed by atoms with Crippen molar-refractivity contribution in [3.63, 3.8) is 0 Å². The lowest BCUT2D eigenvalue weighted by Gasteiger charge is -2.09. The van der Waals surface area contributed by atoms with E-state index in [2.05, 4.69) is 18.8 Å². The Kier molecular flexibility index (Phi) is 7.72. The van der Waals surface area contributed by atoms with Crippen LogP contribution in [0.2, 0.25) is 0 Å². The van der Waals surface area contributed by atoms with Gasteiger partial charge in [-0.3, -0.25) is 0 Å². The number of hydrogen-bond donors (Lipinski definition) is 1. The van der Waals surface area contributed by atoms with E-state index in [-0.39, 0.29) is 6.61 Å². The molecule has 0 spiro atoms. The molecule has 104 valence electrons. The van der Waals surface area contributed by atoms with E-state index in [1.165, 1.54) is 0 Å². The Labute approximate surface area is 115 Å². The van der Waals surface area contributed by atoms with E-state index < -0.39 is 0 Å². The van der Waals surface area contributed by atoms with E-state index in [1.54, 1.807) is 0 Å². The quantitative estimate of drug-likeness (QED) is 0.606. The van der Waals surface area contributed by atoms with Crippen molar-refractivity contribution in [1.82, 2.24) is 0 Å². The summed E-state index contributed by atoms with van der Waals surface area (Å²) in [5.41, 5.74) is 2.01. The SMILES string of the molecule is CCCOCCOc1ccc(C)cc1C#CCCO. The van der Waals surface area contributed by atoms with Crippen LogP contribution in [0.5, 0.6) is 5.75 Å². The van der Waals surface area contributed by atoms with Crippen LogP contribution >= 0.6 is 0 Å². The van der Waals surface area contributed by atoms with Crippen molar-refractivity contribution in [2.75, 3.05) is 26.4 Å². The fourth-order valence-corrected chi connectivity index (χ4v) is 1.54. The molecule has 0 aromatic heterocycles. The molecule has 0 bridgehead atoms. The number of aliphatic hydroxyl groups is 1. The molecule has 0 amide bonds. The van der Waals surface area contributed by atoms with Crippen LogP contribution in [0.1, 0.15) is 30.9 Å². The van der Waals surface area contributed by atoms with Crippen molar-refractivity contribution in [3.8, 4) is 17.6 Å². The monoisotopic (exact) mass is 262 g/mol. The molecular weight excluding hydrogens is 240 g/mol. The van der Waals surface area contributed by atoms with Crippen LogP contribution in [0.4, 0.5) is 0 Å². The lowest BCUT2D eigenvalue weighted by molar-refractivity contribution is 0.100. The van der Waals surface area contributed by atoms with Gasteiger partial charge in [0.2, 0.25) is 0 Å². The molecule has 1 N–H and O–H groups in total. The van der Waals surface area contributed by atoms with Gasteiger partial charge >= 0.3 is 0 Å². The molecule has 1 aromatic rings. The topological polar surface area (TPSA) is 38.7 Å². The molecule has 19 heavy (non-hydrogen) atoms. The summed E-state index contributed by atoms with van der Waals surface area (Å²) in [6, 6.07) is 5.92. The van der Waals surface area contributed by atoms with Gasteiger partial charge in [-0.05, 0) is 31.0 Å². The minimum atomic E-state index is 0.0832. The first-order valence-corrected chi connectivity index (χ1v) is 6.69. The van der Waals surface area contributed by atoms with Gasteiger partial charge in [-0.1, -0.05) is 24.8 Å². The van der Waals surface area contributed by atoms with E-state index in [4.69, 9.17) is 14.6 Å². The highest BCUT2D eigenvalue weighted by Gasteiger charge is 2.01. The van der Waals surface area contributed by atoms with Gasteiger partial charge in [-0.2, -0.15) is 0 Å². The maximum atomic E-state index is 8.74. The van der Waals surface area contributed by atoms with Crippen molar-refractivity contribution in [1.29, 1.82) is 0 Å². The zero-order valence-electron chi connectivity index (χ0n) is 11.7. The highest BCUT2D eigenvalue weighted by Crippen LogP contribution is 2.19. The molecule has 0 unspecified atom stereocenters. The third kappa shape index (κ3) is 6.28. The lowest BCUT2D eigenvalue weighted by Crippen LogP contribution is -2.08. The Balaban J connectivity index is 2.59. The Hall–Kier alpha value is -1.50. The molecule has 0 atom stereocenters.